The molecule has 3 fully saturated rings. The zero-order chi connectivity index (χ0) is 35.7. The van der Waals surface area contributed by atoms with Gasteiger partial charge in [-0.05, 0) is 65.8 Å². The molecule has 2 saturated heterocycles. The molecule has 0 bridgehead atoms. The number of hydrazine groups is 1. The van der Waals surface area contributed by atoms with E-state index in [1.54, 1.807) is 6.07 Å². The van der Waals surface area contributed by atoms with Crippen LogP contribution in [0.5, 0.6) is 5.75 Å². The molecule has 4 amide bonds. The molecule has 8 heteroatoms. The van der Waals surface area contributed by atoms with E-state index in [2.05, 4.69) is 5.43 Å². The Hall–Kier alpha value is -6.02. The normalized spacial score (nSPS) is 26.6. The smallest absolute Gasteiger partial charge is 0.260 e. The lowest BCUT2D eigenvalue weighted by atomic mass is 9.48. The molecule has 5 aromatic carbocycles. The van der Waals surface area contributed by atoms with Crippen molar-refractivity contribution in [3.8, 4) is 5.75 Å². The highest BCUT2D eigenvalue weighted by Gasteiger charge is 2.70. The molecule has 9 rings (SSSR count). The summed E-state index contributed by atoms with van der Waals surface area (Å²) < 4.78 is 0. The van der Waals surface area contributed by atoms with Crippen LogP contribution >= 0.6 is 0 Å². The van der Waals surface area contributed by atoms with Gasteiger partial charge in [0.1, 0.15) is 5.75 Å². The minimum atomic E-state index is -1.47. The summed E-state index contributed by atoms with van der Waals surface area (Å²) in [5, 5.41) is 14.7. The number of hydrogen-bond acceptors (Lipinski definition) is 6. The monoisotopic (exact) mass is 687 g/mol. The molecule has 258 valence electrons. The molecule has 2 heterocycles. The molecule has 2 aliphatic carbocycles. The fourth-order valence-electron chi connectivity index (χ4n) is 9.64. The first-order valence-electron chi connectivity index (χ1n) is 17.9. The Morgan fingerprint density at radius 3 is 2.19 bits per heavy atom. The van der Waals surface area contributed by atoms with E-state index < -0.39 is 46.8 Å². The fourth-order valence-corrected chi connectivity index (χ4v) is 9.64. The molecule has 8 nitrogen and oxygen atoms in total. The predicted octanol–water partition coefficient (Wildman–Crippen LogP) is 7.04. The highest BCUT2D eigenvalue weighted by atomic mass is 16.3. The number of hydrogen-bond donors (Lipinski definition) is 2. The Morgan fingerprint density at radius 1 is 0.750 bits per heavy atom. The molecule has 2 aliphatic heterocycles. The fraction of sp³-hybridized carbons (Fsp3) is 0.227. The Balaban J connectivity index is 1.26. The van der Waals surface area contributed by atoms with Gasteiger partial charge in [-0.15, -0.1) is 0 Å². The van der Waals surface area contributed by atoms with Gasteiger partial charge in [0, 0.05) is 11.5 Å². The molecule has 52 heavy (non-hydrogen) atoms. The van der Waals surface area contributed by atoms with Crippen molar-refractivity contribution >= 4 is 40.1 Å². The number of nitrogens with one attached hydrogen (secondary N) is 1. The minimum Gasteiger partial charge on any atom is -0.508 e. The summed E-state index contributed by atoms with van der Waals surface area (Å²) >= 11 is 0. The number of amides is 4. The third kappa shape index (κ3) is 4.59. The summed E-state index contributed by atoms with van der Waals surface area (Å²) in [7, 11) is 0. The Morgan fingerprint density at radius 2 is 1.44 bits per heavy atom. The van der Waals surface area contributed by atoms with Gasteiger partial charge < -0.3 is 5.11 Å². The lowest BCUT2D eigenvalue weighted by Crippen LogP contribution is -2.53. The van der Waals surface area contributed by atoms with E-state index in [1.165, 1.54) is 4.90 Å². The van der Waals surface area contributed by atoms with Gasteiger partial charge in [-0.25, -0.2) is 0 Å². The average molecular weight is 688 g/mol. The maximum Gasteiger partial charge on any atom is 0.260 e. The first-order chi connectivity index (χ1) is 25.3. The number of imide groups is 2. The second kappa shape index (κ2) is 12.0. The number of anilines is 1. The number of aryl methyl sites for hydroxylation is 1. The topological polar surface area (TPSA) is 107 Å². The number of aromatic hydroxyl groups is 1. The number of phenolic OH excluding ortho intramolecular Hbond substituents is 1. The molecule has 2 N–H and O–H groups in total. The number of allylic oxidation sites excluding steroid dienone is 2. The van der Waals surface area contributed by atoms with E-state index >= 15 is 4.79 Å². The van der Waals surface area contributed by atoms with Crippen LogP contribution in [-0.2, 0) is 31.1 Å². The van der Waals surface area contributed by atoms with Gasteiger partial charge >= 0.3 is 0 Å². The van der Waals surface area contributed by atoms with E-state index in [0.29, 0.717) is 23.2 Å². The van der Waals surface area contributed by atoms with E-state index in [-0.39, 0.29) is 30.5 Å². The Labute approximate surface area is 301 Å². The number of carbonyl (C=O) groups excluding carboxylic acids is 4. The summed E-state index contributed by atoms with van der Waals surface area (Å²) in [5.41, 5.74) is 6.16. The lowest BCUT2D eigenvalue weighted by Gasteiger charge is -2.51. The van der Waals surface area contributed by atoms with Gasteiger partial charge in [-0.2, -0.15) is 5.01 Å². The van der Waals surface area contributed by atoms with Crippen molar-refractivity contribution in [2.45, 2.75) is 37.6 Å². The number of fused-ring (bicyclic) bond motifs is 5. The third-order valence-electron chi connectivity index (χ3n) is 11.9. The second-order valence-corrected chi connectivity index (χ2v) is 14.6. The number of carbonyl (C=O) groups is 4. The Kier molecular flexibility index (Phi) is 7.40. The van der Waals surface area contributed by atoms with Crippen LogP contribution < -0.4 is 5.43 Å². The predicted molar refractivity (Wildman–Crippen MR) is 196 cm³/mol. The molecule has 4 aliphatic rings. The average Bonchev–Trinajstić information content (AvgIpc) is 3.54. The van der Waals surface area contributed by atoms with Crippen LogP contribution in [-0.4, -0.2) is 38.6 Å². The molecule has 1 saturated carbocycles. The van der Waals surface area contributed by atoms with Gasteiger partial charge in [0.05, 0.1) is 35.4 Å². The first-order valence-corrected chi connectivity index (χ1v) is 17.9. The molecular weight excluding hydrogens is 651 g/mol. The molecule has 0 aromatic heterocycles. The zero-order valence-electron chi connectivity index (χ0n) is 28.6. The van der Waals surface area contributed by atoms with Gasteiger partial charge in [0.2, 0.25) is 11.8 Å². The SMILES string of the molecule is Cc1ccc(NN2C(=O)C3CC4C(=CCC5C(=O)N(Cc6ccccc6)C(=O)C54)C(c4c(O)ccc5ccccc45)C3(c3ccccc3)C2=O)cc1. The standard InChI is InChI=1S/C44H37N3O5/c1-26-16-19-30(20-17-26)45-47-41(50)35-24-34-32(21-22-33-37(34)42(51)46(40(33)49)25-27-10-4-2-5-11-27)39(44(35,43(47)52)29-13-6-3-7-14-29)38-31-15-9-8-12-28(31)18-23-36(38)48/h2-21,23,33-35,37,39,45,48H,22,24-25H2,1H3. The maximum atomic E-state index is 15.5. The number of nitrogens with zero attached hydrogens (tertiary/aromatic N) is 2. The summed E-state index contributed by atoms with van der Waals surface area (Å²) in [6.45, 7) is 2.14. The van der Waals surface area contributed by atoms with Crippen LogP contribution in [0.15, 0.2) is 133 Å². The van der Waals surface area contributed by atoms with Crippen molar-refractivity contribution in [2.24, 2.45) is 23.7 Å². The molecule has 0 radical (unpaired) electrons. The number of phenols is 1. The number of likely N-dealkylation sites (tertiary alicyclic amines) is 1. The van der Waals surface area contributed by atoms with Crippen LogP contribution in [0.4, 0.5) is 5.69 Å². The van der Waals surface area contributed by atoms with E-state index in [4.69, 9.17) is 0 Å². The number of benzene rings is 5. The Bertz CT molecular complexity index is 2300. The second-order valence-electron chi connectivity index (χ2n) is 14.6. The summed E-state index contributed by atoms with van der Waals surface area (Å²) in [5.74, 6) is -4.82. The van der Waals surface area contributed by atoms with Crippen molar-refractivity contribution in [2.75, 3.05) is 5.43 Å². The van der Waals surface area contributed by atoms with Crippen molar-refractivity contribution in [1.82, 2.24) is 9.91 Å². The van der Waals surface area contributed by atoms with Crippen LogP contribution in [0.2, 0.25) is 0 Å². The molecule has 6 atom stereocenters. The first kappa shape index (κ1) is 31.9. The van der Waals surface area contributed by atoms with Gasteiger partial charge in [0.15, 0.2) is 0 Å². The van der Waals surface area contributed by atoms with Crippen molar-refractivity contribution in [1.29, 1.82) is 0 Å². The highest BCUT2D eigenvalue weighted by molar-refractivity contribution is 6.13. The van der Waals surface area contributed by atoms with Gasteiger partial charge in [0.25, 0.3) is 11.8 Å². The quantitative estimate of drug-likeness (QED) is 0.147. The van der Waals surface area contributed by atoms with E-state index in [9.17, 15) is 19.5 Å². The molecular formula is C44H37N3O5. The summed E-state index contributed by atoms with van der Waals surface area (Å²) in [4.78, 5) is 60.3. The summed E-state index contributed by atoms with van der Waals surface area (Å²) in [6.07, 6.45) is 2.54. The van der Waals surface area contributed by atoms with Crippen LogP contribution in [0.25, 0.3) is 10.8 Å². The maximum absolute atomic E-state index is 15.5. The van der Waals surface area contributed by atoms with Gasteiger partial charge in [-0.1, -0.05) is 120 Å². The van der Waals surface area contributed by atoms with Crippen molar-refractivity contribution < 1.29 is 24.3 Å². The van der Waals surface area contributed by atoms with Crippen LogP contribution in [0, 0.1) is 30.6 Å². The largest absolute Gasteiger partial charge is 0.508 e. The van der Waals surface area contributed by atoms with Crippen molar-refractivity contribution in [3.63, 3.8) is 0 Å². The van der Waals surface area contributed by atoms with E-state index in [0.717, 1.165) is 32.5 Å². The van der Waals surface area contributed by atoms with Crippen LogP contribution in [0.1, 0.15) is 41.0 Å². The summed E-state index contributed by atoms with van der Waals surface area (Å²) in [6, 6.07) is 37.6. The molecule has 0 spiro atoms. The third-order valence-corrected chi connectivity index (χ3v) is 11.9. The number of rotatable bonds is 6. The van der Waals surface area contributed by atoms with E-state index in [1.807, 2.05) is 128 Å². The molecule has 6 unspecified atom stereocenters. The van der Waals surface area contributed by atoms with Crippen LogP contribution in [0.3, 0.4) is 0 Å². The van der Waals surface area contributed by atoms with Gasteiger partial charge in [-0.3, -0.25) is 29.5 Å². The lowest BCUT2D eigenvalue weighted by molar-refractivity contribution is -0.142. The zero-order valence-corrected chi connectivity index (χ0v) is 28.6. The minimum absolute atomic E-state index is 0.00570. The van der Waals surface area contributed by atoms with Crippen molar-refractivity contribution in [3.05, 3.63) is 155 Å². The highest BCUT2D eigenvalue weighted by Crippen LogP contribution is 2.65. The molecule has 5 aromatic rings.